The maximum Gasteiger partial charge on any atom is 0.176 e. The Bertz CT molecular complexity index is 903. The maximum atomic E-state index is 10.9. The maximum absolute atomic E-state index is 10.9. The highest BCUT2D eigenvalue weighted by atomic mass is 16.3. The fourth-order valence-corrected chi connectivity index (χ4v) is 2.95. The summed E-state index contributed by atoms with van der Waals surface area (Å²) >= 11 is 0. The van der Waals surface area contributed by atoms with E-state index in [1.165, 1.54) is 0 Å². The normalized spacial score (nSPS) is 18.4. The molecule has 3 nitrogen and oxygen atoms in total. The van der Waals surface area contributed by atoms with Gasteiger partial charge in [0.25, 0.3) is 0 Å². The molecule has 0 spiro atoms. The highest BCUT2D eigenvalue weighted by molar-refractivity contribution is 6.17. The second kappa shape index (κ2) is 6.75. The monoisotopic (exact) mass is 326 g/mol. The zero-order valence-corrected chi connectivity index (χ0v) is 13.7. The Morgan fingerprint density at radius 3 is 1.96 bits per heavy atom. The van der Waals surface area contributed by atoms with Crippen molar-refractivity contribution in [3.63, 3.8) is 0 Å². The van der Waals surface area contributed by atoms with Gasteiger partial charge in [-0.1, -0.05) is 78.9 Å². The summed E-state index contributed by atoms with van der Waals surface area (Å²) in [6.07, 6.45) is 1.18. The Labute approximate surface area is 147 Å². The topological polar surface area (TPSA) is 35.8 Å². The second-order valence-electron chi connectivity index (χ2n) is 5.88. The predicted molar refractivity (Wildman–Crippen MR) is 102 cm³/mol. The number of anilines is 1. The van der Waals surface area contributed by atoms with Gasteiger partial charge >= 0.3 is 0 Å². The van der Waals surface area contributed by atoms with Crippen molar-refractivity contribution < 1.29 is 5.11 Å². The molecular formula is C22H18N2O. The van der Waals surface area contributed by atoms with Crippen molar-refractivity contribution in [2.24, 2.45) is 5.10 Å². The van der Waals surface area contributed by atoms with Crippen molar-refractivity contribution >= 4 is 17.5 Å². The van der Waals surface area contributed by atoms with Gasteiger partial charge in [0.2, 0.25) is 0 Å². The zero-order chi connectivity index (χ0) is 17.1. The van der Waals surface area contributed by atoms with Gasteiger partial charge in [0.15, 0.2) is 6.23 Å². The summed E-state index contributed by atoms with van der Waals surface area (Å²) in [4.78, 5) is 0. The van der Waals surface area contributed by atoms with Crippen LogP contribution in [0, 0.1) is 0 Å². The molecule has 1 N–H and O–H groups in total. The Kier molecular flexibility index (Phi) is 4.15. The van der Waals surface area contributed by atoms with Crippen LogP contribution in [0.3, 0.4) is 0 Å². The van der Waals surface area contributed by atoms with E-state index in [0.29, 0.717) is 0 Å². The van der Waals surface area contributed by atoms with Crippen LogP contribution in [-0.2, 0) is 0 Å². The van der Waals surface area contributed by atoms with Gasteiger partial charge in [-0.15, -0.1) is 0 Å². The van der Waals surface area contributed by atoms with Crippen molar-refractivity contribution in [2.45, 2.75) is 6.23 Å². The summed E-state index contributed by atoms with van der Waals surface area (Å²) in [6.45, 7) is 0. The van der Waals surface area contributed by atoms with Crippen molar-refractivity contribution in [2.75, 3.05) is 5.01 Å². The van der Waals surface area contributed by atoms with Crippen LogP contribution in [0.25, 0.3) is 6.08 Å². The molecule has 1 aliphatic heterocycles. The van der Waals surface area contributed by atoms with Crippen molar-refractivity contribution in [1.29, 1.82) is 0 Å². The average molecular weight is 326 g/mol. The van der Waals surface area contributed by atoms with Gasteiger partial charge in [-0.3, -0.25) is 0 Å². The molecule has 0 amide bonds. The van der Waals surface area contributed by atoms with Crippen LogP contribution in [0.1, 0.15) is 11.1 Å². The molecule has 1 atom stereocenters. The summed E-state index contributed by atoms with van der Waals surface area (Å²) in [5.41, 5.74) is 4.47. The summed E-state index contributed by atoms with van der Waals surface area (Å²) in [6, 6.07) is 29.7. The fourth-order valence-electron chi connectivity index (χ4n) is 2.95. The van der Waals surface area contributed by atoms with Gasteiger partial charge in [-0.25, -0.2) is 5.01 Å². The van der Waals surface area contributed by atoms with Gasteiger partial charge in [-0.2, -0.15) is 5.10 Å². The van der Waals surface area contributed by atoms with Crippen molar-refractivity contribution in [3.05, 3.63) is 108 Å². The first-order chi connectivity index (χ1) is 12.3. The van der Waals surface area contributed by atoms with Gasteiger partial charge < -0.3 is 5.11 Å². The van der Waals surface area contributed by atoms with Crippen LogP contribution < -0.4 is 5.01 Å². The van der Waals surface area contributed by atoms with Gasteiger partial charge in [0, 0.05) is 11.1 Å². The third-order valence-corrected chi connectivity index (χ3v) is 4.18. The van der Waals surface area contributed by atoms with Crippen LogP contribution in [0.15, 0.2) is 102 Å². The first kappa shape index (κ1) is 15.4. The highest BCUT2D eigenvalue weighted by Gasteiger charge is 2.31. The minimum absolute atomic E-state index is 0.792. The number of rotatable bonds is 3. The first-order valence-corrected chi connectivity index (χ1v) is 8.26. The molecule has 0 saturated carbocycles. The minimum Gasteiger partial charge on any atom is -0.368 e. The SMILES string of the molecule is OC1C(=Cc2ccccc2)C(c2ccccc2)=NN1c1ccccc1. The summed E-state index contributed by atoms with van der Waals surface area (Å²) in [7, 11) is 0. The van der Waals surface area contributed by atoms with E-state index in [1.54, 1.807) is 5.01 Å². The molecular weight excluding hydrogens is 308 g/mol. The largest absolute Gasteiger partial charge is 0.368 e. The molecule has 1 aliphatic rings. The van der Waals surface area contributed by atoms with Crippen LogP contribution >= 0.6 is 0 Å². The second-order valence-corrected chi connectivity index (χ2v) is 5.88. The lowest BCUT2D eigenvalue weighted by atomic mass is 9.99. The highest BCUT2D eigenvalue weighted by Crippen LogP contribution is 2.30. The molecule has 0 fully saturated rings. The van der Waals surface area contributed by atoms with E-state index >= 15 is 0 Å². The van der Waals surface area contributed by atoms with E-state index in [4.69, 9.17) is 5.10 Å². The molecule has 4 rings (SSSR count). The molecule has 122 valence electrons. The van der Waals surface area contributed by atoms with E-state index < -0.39 is 6.23 Å². The van der Waals surface area contributed by atoms with Gasteiger partial charge in [0.05, 0.1) is 11.4 Å². The number of hydrogen-bond donors (Lipinski definition) is 1. The molecule has 1 unspecified atom stereocenters. The van der Waals surface area contributed by atoms with E-state index in [0.717, 1.165) is 28.1 Å². The molecule has 0 saturated heterocycles. The number of hydrogen-bond acceptors (Lipinski definition) is 3. The minimum atomic E-state index is -0.821. The van der Waals surface area contributed by atoms with E-state index in [9.17, 15) is 5.11 Å². The summed E-state index contributed by atoms with van der Waals surface area (Å²) < 4.78 is 0. The van der Waals surface area contributed by atoms with E-state index in [2.05, 4.69) is 0 Å². The van der Waals surface area contributed by atoms with Crippen LogP contribution in [0.5, 0.6) is 0 Å². The summed E-state index contributed by atoms with van der Waals surface area (Å²) in [5.74, 6) is 0. The third kappa shape index (κ3) is 3.10. The quantitative estimate of drug-likeness (QED) is 0.778. The molecule has 0 radical (unpaired) electrons. The Balaban J connectivity index is 1.82. The summed E-state index contributed by atoms with van der Waals surface area (Å²) in [5, 5.41) is 17.3. The van der Waals surface area contributed by atoms with Gasteiger partial charge in [-0.05, 0) is 23.8 Å². The lowest BCUT2D eigenvalue weighted by Gasteiger charge is -2.19. The average Bonchev–Trinajstić information content (AvgIpc) is 3.01. The van der Waals surface area contributed by atoms with Crippen LogP contribution in [0.2, 0.25) is 0 Å². The number of aliphatic hydroxyl groups excluding tert-OH is 1. The smallest absolute Gasteiger partial charge is 0.176 e. The van der Waals surface area contributed by atoms with Crippen LogP contribution in [0.4, 0.5) is 5.69 Å². The number of para-hydroxylation sites is 1. The molecule has 0 bridgehead atoms. The molecule has 0 aromatic heterocycles. The molecule has 0 aliphatic carbocycles. The lowest BCUT2D eigenvalue weighted by Crippen LogP contribution is -2.27. The van der Waals surface area contributed by atoms with Crippen molar-refractivity contribution in [3.8, 4) is 0 Å². The molecule has 1 heterocycles. The first-order valence-electron chi connectivity index (χ1n) is 8.26. The number of benzene rings is 3. The Morgan fingerprint density at radius 1 is 0.760 bits per heavy atom. The van der Waals surface area contributed by atoms with Crippen LogP contribution in [-0.4, -0.2) is 17.0 Å². The van der Waals surface area contributed by atoms with E-state index in [1.807, 2.05) is 97.1 Å². The van der Waals surface area contributed by atoms with Crippen molar-refractivity contribution in [1.82, 2.24) is 0 Å². The third-order valence-electron chi connectivity index (χ3n) is 4.18. The molecule has 3 aromatic rings. The standard InChI is InChI=1S/C22H18N2O/c25-22-20(16-17-10-4-1-5-11-17)21(18-12-6-2-7-13-18)23-24(22)19-14-8-3-9-15-19/h1-16,22,25H. The molecule has 25 heavy (non-hydrogen) atoms. The Hall–Kier alpha value is -3.17. The fraction of sp³-hybridized carbons (Fsp3) is 0.0455. The number of aliphatic hydroxyl groups is 1. The van der Waals surface area contributed by atoms with E-state index in [-0.39, 0.29) is 0 Å². The molecule has 3 heteroatoms. The zero-order valence-electron chi connectivity index (χ0n) is 13.7. The predicted octanol–water partition coefficient (Wildman–Crippen LogP) is 4.31. The Morgan fingerprint density at radius 2 is 1.32 bits per heavy atom. The van der Waals surface area contributed by atoms with Gasteiger partial charge in [0.1, 0.15) is 0 Å². The number of nitrogens with zero attached hydrogens (tertiary/aromatic N) is 2. The lowest BCUT2D eigenvalue weighted by molar-refractivity contribution is 0.219. The number of hydrazone groups is 1. The molecule has 3 aromatic carbocycles.